The Morgan fingerprint density at radius 2 is 1.67 bits per heavy atom. The van der Waals surface area contributed by atoms with Gasteiger partial charge in [-0.05, 0) is 41.6 Å². The van der Waals surface area contributed by atoms with Crippen molar-refractivity contribution in [3.05, 3.63) is 59.7 Å². The number of alkyl halides is 1. The highest BCUT2D eigenvalue weighted by Gasteiger charge is 2.07. The molecule has 4 heteroatoms. The first-order chi connectivity index (χ1) is 8.69. The molecule has 2 aromatic carbocycles. The summed E-state index contributed by atoms with van der Waals surface area (Å²) in [6, 6.07) is 13.8. The molecule has 0 saturated heterocycles. The molecule has 0 aliphatic heterocycles. The fourth-order valence-corrected chi connectivity index (χ4v) is 2.33. The van der Waals surface area contributed by atoms with E-state index in [0.29, 0.717) is 11.4 Å². The van der Waals surface area contributed by atoms with Gasteiger partial charge in [0.1, 0.15) is 5.75 Å². The molecule has 18 heavy (non-hydrogen) atoms. The average Bonchev–Trinajstić information content (AvgIpc) is 2.41. The lowest BCUT2D eigenvalue weighted by Gasteiger charge is -2.02. The smallest absolute Gasteiger partial charge is 0.224 e. The largest absolute Gasteiger partial charge is 0.508 e. The molecule has 0 radical (unpaired) electrons. The van der Waals surface area contributed by atoms with Gasteiger partial charge in [-0.2, -0.15) is 0 Å². The Kier molecular flexibility index (Phi) is 4.28. The highest BCUT2D eigenvalue weighted by atomic mass is 35.5. The number of aromatic hydroxyl groups is 1. The Labute approximate surface area is 115 Å². The zero-order valence-corrected chi connectivity index (χ0v) is 11.0. The standard InChI is InChI=1S/C14H11ClO2S/c15-9-10-1-3-11(4-2-10)14(17)18-13-7-5-12(16)6-8-13/h1-8,16H,9H2. The van der Waals surface area contributed by atoms with Gasteiger partial charge >= 0.3 is 0 Å². The van der Waals surface area contributed by atoms with E-state index in [-0.39, 0.29) is 10.9 Å². The maximum Gasteiger partial charge on any atom is 0.224 e. The third-order valence-electron chi connectivity index (χ3n) is 2.39. The van der Waals surface area contributed by atoms with Crippen molar-refractivity contribution in [3.63, 3.8) is 0 Å². The molecule has 2 nitrogen and oxygen atoms in total. The maximum absolute atomic E-state index is 12.0. The molecule has 2 rings (SSSR count). The molecule has 0 heterocycles. The van der Waals surface area contributed by atoms with Gasteiger partial charge in [-0.3, -0.25) is 4.79 Å². The van der Waals surface area contributed by atoms with Crippen molar-refractivity contribution >= 4 is 28.5 Å². The Morgan fingerprint density at radius 3 is 2.22 bits per heavy atom. The molecule has 0 unspecified atom stereocenters. The fourth-order valence-electron chi connectivity index (χ4n) is 1.41. The second-order valence-electron chi connectivity index (χ2n) is 3.71. The number of hydrogen-bond donors (Lipinski definition) is 1. The minimum Gasteiger partial charge on any atom is -0.508 e. The van der Waals surface area contributed by atoms with Crippen LogP contribution in [0.2, 0.25) is 0 Å². The number of hydrogen-bond acceptors (Lipinski definition) is 3. The van der Waals surface area contributed by atoms with Gasteiger partial charge in [-0.1, -0.05) is 24.3 Å². The highest BCUT2D eigenvalue weighted by molar-refractivity contribution is 8.14. The number of carbonyl (C=O) groups is 1. The van der Waals surface area contributed by atoms with E-state index >= 15 is 0 Å². The van der Waals surface area contributed by atoms with Crippen molar-refractivity contribution in [2.45, 2.75) is 10.8 Å². The summed E-state index contributed by atoms with van der Waals surface area (Å²) in [4.78, 5) is 12.8. The Balaban J connectivity index is 2.09. The fraction of sp³-hybridized carbons (Fsp3) is 0.0714. The van der Waals surface area contributed by atoms with Crippen LogP contribution in [0.25, 0.3) is 0 Å². The molecule has 0 bridgehead atoms. The topological polar surface area (TPSA) is 37.3 Å². The molecule has 0 atom stereocenters. The van der Waals surface area contributed by atoms with Gasteiger partial charge in [0.05, 0.1) is 0 Å². The molecule has 0 spiro atoms. The quantitative estimate of drug-likeness (QED) is 0.679. The second kappa shape index (κ2) is 5.94. The van der Waals surface area contributed by atoms with E-state index in [9.17, 15) is 4.79 Å². The molecule has 0 saturated carbocycles. The predicted molar refractivity (Wildman–Crippen MR) is 74.3 cm³/mol. The van der Waals surface area contributed by atoms with Gasteiger partial charge in [0.2, 0.25) is 5.12 Å². The molecule has 1 N–H and O–H groups in total. The predicted octanol–water partition coefficient (Wildman–Crippen LogP) is 4.06. The minimum absolute atomic E-state index is 0.0261. The molecule has 0 fully saturated rings. The zero-order chi connectivity index (χ0) is 13.0. The number of halogens is 1. The Bertz CT molecular complexity index is 535. The number of phenols is 1. The first-order valence-electron chi connectivity index (χ1n) is 5.35. The third-order valence-corrected chi connectivity index (χ3v) is 3.63. The van der Waals surface area contributed by atoms with Crippen LogP contribution in [0.15, 0.2) is 53.4 Å². The summed E-state index contributed by atoms with van der Waals surface area (Å²) in [6.07, 6.45) is 0. The van der Waals surface area contributed by atoms with Crippen LogP contribution in [0, 0.1) is 0 Å². The molecule has 2 aromatic rings. The van der Waals surface area contributed by atoms with Crippen molar-refractivity contribution in [2.75, 3.05) is 0 Å². The van der Waals surface area contributed by atoms with Crippen LogP contribution in [-0.2, 0) is 5.88 Å². The summed E-state index contributed by atoms with van der Waals surface area (Å²) >= 11 is 6.83. The second-order valence-corrected chi connectivity index (χ2v) is 5.03. The van der Waals surface area contributed by atoms with Crippen molar-refractivity contribution < 1.29 is 9.90 Å². The van der Waals surface area contributed by atoms with Crippen molar-refractivity contribution in [3.8, 4) is 5.75 Å². The van der Waals surface area contributed by atoms with E-state index in [4.69, 9.17) is 16.7 Å². The van der Waals surface area contributed by atoms with Crippen LogP contribution in [-0.4, -0.2) is 10.2 Å². The lowest BCUT2D eigenvalue weighted by atomic mass is 10.2. The molecular weight excluding hydrogens is 268 g/mol. The number of benzene rings is 2. The van der Waals surface area contributed by atoms with Gasteiger partial charge < -0.3 is 5.11 Å². The van der Waals surface area contributed by atoms with Crippen LogP contribution in [0.1, 0.15) is 15.9 Å². The van der Waals surface area contributed by atoms with E-state index in [1.165, 1.54) is 0 Å². The van der Waals surface area contributed by atoms with Crippen LogP contribution in [0.3, 0.4) is 0 Å². The molecular formula is C14H11ClO2S. The first kappa shape index (κ1) is 13.0. The monoisotopic (exact) mass is 278 g/mol. The van der Waals surface area contributed by atoms with E-state index in [1.807, 2.05) is 12.1 Å². The summed E-state index contributed by atoms with van der Waals surface area (Å²) in [5, 5.41) is 9.13. The summed E-state index contributed by atoms with van der Waals surface area (Å²) < 4.78 is 0. The molecule has 0 aliphatic rings. The lowest BCUT2D eigenvalue weighted by molar-refractivity contribution is 0.108. The highest BCUT2D eigenvalue weighted by Crippen LogP contribution is 2.24. The molecule has 0 aromatic heterocycles. The third kappa shape index (κ3) is 3.28. The SMILES string of the molecule is O=C(Sc1ccc(O)cc1)c1ccc(CCl)cc1. The molecule has 0 aliphatic carbocycles. The molecule has 92 valence electrons. The van der Waals surface area contributed by atoms with Gasteiger partial charge in [-0.15, -0.1) is 11.6 Å². The lowest BCUT2D eigenvalue weighted by Crippen LogP contribution is -1.93. The van der Waals surface area contributed by atoms with Crippen LogP contribution >= 0.6 is 23.4 Å². The first-order valence-corrected chi connectivity index (χ1v) is 6.70. The van der Waals surface area contributed by atoms with Crippen molar-refractivity contribution in [1.82, 2.24) is 0 Å². The van der Waals surface area contributed by atoms with E-state index in [0.717, 1.165) is 22.2 Å². The normalized spacial score (nSPS) is 10.3. The van der Waals surface area contributed by atoms with Gasteiger partial charge in [0.25, 0.3) is 0 Å². The number of phenolic OH excluding ortho intramolecular Hbond substituents is 1. The van der Waals surface area contributed by atoms with Gasteiger partial charge in [0, 0.05) is 16.3 Å². The minimum atomic E-state index is -0.0261. The maximum atomic E-state index is 12.0. The van der Waals surface area contributed by atoms with Gasteiger partial charge in [0.15, 0.2) is 0 Å². The average molecular weight is 279 g/mol. The van der Waals surface area contributed by atoms with Crippen molar-refractivity contribution in [2.24, 2.45) is 0 Å². The van der Waals surface area contributed by atoms with Crippen LogP contribution in [0.4, 0.5) is 0 Å². The van der Waals surface area contributed by atoms with E-state index in [1.54, 1.807) is 36.4 Å². The van der Waals surface area contributed by atoms with E-state index in [2.05, 4.69) is 0 Å². The summed E-state index contributed by atoms with van der Waals surface area (Å²) in [5.41, 5.74) is 1.63. The number of rotatable bonds is 3. The Morgan fingerprint density at radius 1 is 1.06 bits per heavy atom. The number of carbonyl (C=O) groups excluding carboxylic acids is 1. The molecule has 0 amide bonds. The van der Waals surface area contributed by atoms with Gasteiger partial charge in [-0.25, -0.2) is 0 Å². The van der Waals surface area contributed by atoms with E-state index < -0.39 is 0 Å². The summed E-state index contributed by atoms with van der Waals surface area (Å²) in [7, 11) is 0. The summed E-state index contributed by atoms with van der Waals surface area (Å²) in [5.74, 6) is 0.637. The van der Waals surface area contributed by atoms with Crippen LogP contribution in [0.5, 0.6) is 5.75 Å². The summed E-state index contributed by atoms with van der Waals surface area (Å²) in [6.45, 7) is 0. The van der Waals surface area contributed by atoms with Crippen LogP contribution < -0.4 is 0 Å². The Hall–Kier alpha value is -1.45. The zero-order valence-electron chi connectivity index (χ0n) is 9.47. The number of thioether (sulfide) groups is 1. The van der Waals surface area contributed by atoms with Crippen molar-refractivity contribution in [1.29, 1.82) is 0 Å².